The molecule has 0 saturated carbocycles. The van der Waals surface area contributed by atoms with Gasteiger partial charge in [0.15, 0.2) is 0 Å². The van der Waals surface area contributed by atoms with Crippen LogP contribution in [0.2, 0.25) is 0 Å². The maximum absolute atomic E-state index is 12.0. The zero-order valence-electron chi connectivity index (χ0n) is 11.6. The van der Waals surface area contributed by atoms with E-state index in [1.54, 1.807) is 18.9 Å². The average Bonchev–Trinajstić information content (AvgIpc) is 2.91. The minimum Gasteiger partial charge on any atom is -0.384 e. The molecule has 0 radical (unpaired) electrons. The first kappa shape index (κ1) is 17.1. The monoisotopic (exact) mass is 308 g/mol. The lowest BCUT2D eigenvalue weighted by Crippen LogP contribution is -2.48. The molecule has 0 aromatic rings. The molecular formula is C13H25ClN2O2S. The Bertz CT molecular complexity index is 274. The van der Waals surface area contributed by atoms with Crippen molar-refractivity contribution >= 4 is 30.1 Å². The molecule has 0 aliphatic carbocycles. The Labute approximate surface area is 126 Å². The van der Waals surface area contributed by atoms with Crippen molar-refractivity contribution in [3.63, 3.8) is 0 Å². The molecule has 1 amide bonds. The molecule has 4 nitrogen and oxygen atoms in total. The number of hydrogen-bond donors (Lipinski definition) is 2. The van der Waals surface area contributed by atoms with Crippen molar-refractivity contribution in [3.05, 3.63) is 0 Å². The number of amides is 1. The number of carbonyl (C=O) groups is 1. The highest BCUT2D eigenvalue weighted by atomic mass is 35.5. The van der Waals surface area contributed by atoms with Crippen LogP contribution in [0.1, 0.15) is 25.7 Å². The second kappa shape index (κ2) is 8.35. The van der Waals surface area contributed by atoms with Crippen molar-refractivity contribution in [2.45, 2.75) is 30.9 Å². The quantitative estimate of drug-likeness (QED) is 0.807. The van der Waals surface area contributed by atoms with Crippen LogP contribution in [-0.2, 0) is 9.53 Å². The molecule has 0 aromatic heterocycles. The van der Waals surface area contributed by atoms with Crippen molar-refractivity contribution in [1.82, 2.24) is 10.6 Å². The molecule has 0 spiro atoms. The Morgan fingerprint density at radius 3 is 2.79 bits per heavy atom. The normalized spacial score (nSPS) is 25.6. The van der Waals surface area contributed by atoms with Crippen LogP contribution < -0.4 is 10.6 Å². The maximum atomic E-state index is 12.0. The number of halogens is 1. The topological polar surface area (TPSA) is 50.4 Å². The van der Waals surface area contributed by atoms with E-state index in [1.165, 1.54) is 6.42 Å². The Morgan fingerprint density at radius 1 is 1.47 bits per heavy atom. The molecule has 2 heterocycles. The fourth-order valence-electron chi connectivity index (χ4n) is 2.81. The Kier molecular flexibility index (Phi) is 7.50. The van der Waals surface area contributed by atoms with Crippen LogP contribution >= 0.6 is 24.2 Å². The highest BCUT2D eigenvalue weighted by Crippen LogP contribution is 2.29. The number of ether oxygens (including phenoxy) is 1. The van der Waals surface area contributed by atoms with Gasteiger partial charge in [-0.1, -0.05) is 0 Å². The summed E-state index contributed by atoms with van der Waals surface area (Å²) in [5, 5.41) is 6.71. The van der Waals surface area contributed by atoms with E-state index in [4.69, 9.17) is 4.74 Å². The molecule has 2 aliphatic heterocycles. The Morgan fingerprint density at radius 2 is 2.21 bits per heavy atom. The zero-order chi connectivity index (χ0) is 12.8. The van der Waals surface area contributed by atoms with Crippen LogP contribution in [0.5, 0.6) is 0 Å². The molecule has 0 aromatic carbocycles. The highest BCUT2D eigenvalue weighted by Gasteiger charge is 2.33. The van der Waals surface area contributed by atoms with Gasteiger partial charge in [0.05, 0.1) is 11.9 Å². The van der Waals surface area contributed by atoms with Crippen LogP contribution in [0, 0.1) is 5.41 Å². The third-order valence-electron chi connectivity index (χ3n) is 3.97. The van der Waals surface area contributed by atoms with E-state index in [1.807, 2.05) is 0 Å². The van der Waals surface area contributed by atoms with Gasteiger partial charge in [-0.2, -0.15) is 0 Å². The summed E-state index contributed by atoms with van der Waals surface area (Å²) < 4.78 is 5.36. The summed E-state index contributed by atoms with van der Waals surface area (Å²) >= 11 is 1.79. The number of methoxy groups -OCH3 is 1. The van der Waals surface area contributed by atoms with Crippen LogP contribution in [0.25, 0.3) is 0 Å². The van der Waals surface area contributed by atoms with Gasteiger partial charge in [0, 0.05) is 19.1 Å². The fourth-order valence-corrected chi connectivity index (χ4v) is 3.99. The Hall–Kier alpha value is 0.0300. The molecule has 0 bridgehead atoms. The minimum absolute atomic E-state index is 0. The van der Waals surface area contributed by atoms with Gasteiger partial charge in [0.1, 0.15) is 0 Å². The smallest absolute Gasteiger partial charge is 0.233 e. The standard InChI is InChI=1S/C13H24N2O2S.ClH/c1-17-10-13(4-6-14-7-5-13)9-15-12(16)11-3-2-8-18-11;/h11,14H,2-10H2,1H3,(H,15,16);1H. The SMILES string of the molecule is COCC1(CNC(=O)C2CCCS2)CCNCC1.Cl. The van der Waals surface area contributed by atoms with E-state index in [0.717, 1.165) is 51.3 Å². The maximum Gasteiger partial charge on any atom is 0.233 e. The number of piperidine rings is 1. The van der Waals surface area contributed by atoms with Crippen LogP contribution in [0.3, 0.4) is 0 Å². The minimum atomic E-state index is 0. The van der Waals surface area contributed by atoms with E-state index >= 15 is 0 Å². The summed E-state index contributed by atoms with van der Waals surface area (Å²) in [4.78, 5) is 12.0. The number of carbonyl (C=O) groups excluding carboxylic acids is 1. The highest BCUT2D eigenvalue weighted by molar-refractivity contribution is 8.00. The van der Waals surface area contributed by atoms with Crippen LogP contribution in [-0.4, -0.2) is 50.3 Å². The summed E-state index contributed by atoms with van der Waals surface area (Å²) in [6.45, 7) is 3.56. The molecular weight excluding hydrogens is 284 g/mol. The van der Waals surface area contributed by atoms with Gasteiger partial charge in [0.25, 0.3) is 0 Å². The number of rotatable bonds is 5. The van der Waals surface area contributed by atoms with Gasteiger partial charge in [-0.25, -0.2) is 0 Å². The number of hydrogen-bond acceptors (Lipinski definition) is 4. The van der Waals surface area contributed by atoms with E-state index < -0.39 is 0 Å². The van der Waals surface area contributed by atoms with Gasteiger partial charge in [-0.15, -0.1) is 24.2 Å². The van der Waals surface area contributed by atoms with E-state index in [2.05, 4.69) is 10.6 Å². The van der Waals surface area contributed by atoms with Gasteiger partial charge in [-0.05, 0) is 44.5 Å². The summed E-state index contributed by atoms with van der Waals surface area (Å²) in [6, 6.07) is 0. The summed E-state index contributed by atoms with van der Waals surface area (Å²) in [6.07, 6.45) is 4.38. The first-order chi connectivity index (χ1) is 8.76. The van der Waals surface area contributed by atoms with Crippen LogP contribution in [0.4, 0.5) is 0 Å². The third-order valence-corrected chi connectivity index (χ3v) is 5.35. The third kappa shape index (κ3) is 4.81. The molecule has 6 heteroatoms. The van der Waals surface area contributed by atoms with Crippen molar-refractivity contribution < 1.29 is 9.53 Å². The molecule has 19 heavy (non-hydrogen) atoms. The van der Waals surface area contributed by atoms with Crippen molar-refractivity contribution in [1.29, 1.82) is 0 Å². The zero-order valence-corrected chi connectivity index (χ0v) is 13.2. The number of nitrogens with one attached hydrogen (secondary N) is 2. The average molecular weight is 309 g/mol. The summed E-state index contributed by atoms with van der Waals surface area (Å²) in [5.74, 6) is 1.36. The fraction of sp³-hybridized carbons (Fsp3) is 0.923. The van der Waals surface area contributed by atoms with Crippen LogP contribution in [0.15, 0.2) is 0 Å². The lowest BCUT2D eigenvalue weighted by atomic mass is 9.79. The van der Waals surface area contributed by atoms with E-state index in [-0.39, 0.29) is 29.0 Å². The number of thioether (sulfide) groups is 1. The molecule has 2 fully saturated rings. The second-order valence-corrected chi connectivity index (χ2v) is 6.71. The molecule has 1 atom stereocenters. The van der Waals surface area contributed by atoms with Crippen molar-refractivity contribution in [3.8, 4) is 0 Å². The van der Waals surface area contributed by atoms with Gasteiger partial charge < -0.3 is 15.4 Å². The molecule has 2 N–H and O–H groups in total. The summed E-state index contributed by atoms with van der Waals surface area (Å²) in [5.41, 5.74) is 0.138. The van der Waals surface area contributed by atoms with Gasteiger partial charge in [-0.3, -0.25) is 4.79 Å². The molecule has 2 aliphatic rings. The molecule has 2 saturated heterocycles. The van der Waals surface area contributed by atoms with Gasteiger partial charge in [0.2, 0.25) is 5.91 Å². The first-order valence-corrected chi connectivity index (χ1v) is 7.90. The van der Waals surface area contributed by atoms with Gasteiger partial charge >= 0.3 is 0 Å². The first-order valence-electron chi connectivity index (χ1n) is 6.85. The molecule has 1 unspecified atom stereocenters. The second-order valence-electron chi connectivity index (χ2n) is 5.40. The van der Waals surface area contributed by atoms with E-state index in [0.29, 0.717) is 0 Å². The lowest BCUT2D eigenvalue weighted by molar-refractivity contribution is -0.121. The van der Waals surface area contributed by atoms with Crippen molar-refractivity contribution in [2.75, 3.05) is 39.1 Å². The largest absolute Gasteiger partial charge is 0.384 e. The van der Waals surface area contributed by atoms with Crippen molar-refractivity contribution in [2.24, 2.45) is 5.41 Å². The predicted molar refractivity (Wildman–Crippen MR) is 82.2 cm³/mol. The Balaban J connectivity index is 0.00000180. The predicted octanol–water partition coefficient (Wildman–Crippen LogP) is 1.44. The van der Waals surface area contributed by atoms with E-state index in [9.17, 15) is 4.79 Å². The molecule has 112 valence electrons. The molecule has 2 rings (SSSR count). The summed E-state index contributed by atoms with van der Waals surface area (Å²) in [7, 11) is 1.75. The lowest BCUT2D eigenvalue weighted by Gasteiger charge is -2.37.